The Morgan fingerprint density at radius 1 is 1.40 bits per heavy atom. The van der Waals surface area contributed by atoms with Gasteiger partial charge in [-0.3, -0.25) is 0 Å². The Kier molecular flexibility index (Phi) is 4.66. The Hall–Kier alpha value is -0.330. The summed E-state index contributed by atoms with van der Waals surface area (Å²) in [5.74, 6) is 0.973. The molecule has 1 aromatic carbocycles. The number of nitrogens with zero attached hydrogens (tertiary/aromatic N) is 1. The maximum atomic E-state index is 12.5. The van der Waals surface area contributed by atoms with Gasteiger partial charge in [-0.25, -0.2) is 12.7 Å². The van der Waals surface area contributed by atoms with Crippen LogP contribution in [-0.4, -0.2) is 31.4 Å². The van der Waals surface area contributed by atoms with Gasteiger partial charge in [-0.1, -0.05) is 30.1 Å². The van der Waals surface area contributed by atoms with Crippen molar-refractivity contribution in [2.75, 3.05) is 13.6 Å². The first kappa shape index (κ1) is 16.0. The maximum absolute atomic E-state index is 12.5. The molecule has 4 nitrogen and oxygen atoms in total. The van der Waals surface area contributed by atoms with Gasteiger partial charge in [-0.15, -0.1) is 0 Å². The normalized spacial score (nSPS) is 22.3. The molecule has 1 aliphatic carbocycles. The zero-order valence-electron chi connectivity index (χ0n) is 11.3. The smallest absolute Gasteiger partial charge is 0.244 e. The summed E-state index contributed by atoms with van der Waals surface area (Å²) in [4.78, 5) is -0.0495. The molecule has 1 aromatic rings. The summed E-state index contributed by atoms with van der Waals surface area (Å²) < 4.78 is 26.4. The summed E-state index contributed by atoms with van der Waals surface area (Å²) in [6.07, 6.45) is 1.05. The first-order valence-corrected chi connectivity index (χ1v) is 8.52. The molecule has 0 amide bonds. The lowest BCUT2D eigenvalue weighted by atomic mass is 10.2. The standard InChI is InChI=1S/C13H17Cl2NO3S/c1-8-3-9(8)6-16(2)20(18,19)12-5-11(14)4-10(7-17)13(12)15/h4-5,8-9,17H,3,6-7H2,1-2H3. The summed E-state index contributed by atoms with van der Waals surface area (Å²) in [5, 5.41) is 9.49. The third-order valence-electron chi connectivity index (χ3n) is 3.71. The number of hydrogen-bond acceptors (Lipinski definition) is 3. The van der Waals surface area contributed by atoms with Gasteiger partial charge in [0.1, 0.15) is 4.90 Å². The van der Waals surface area contributed by atoms with Crippen molar-refractivity contribution in [3.8, 4) is 0 Å². The van der Waals surface area contributed by atoms with E-state index in [0.717, 1.165) is 6.42 Å². The average molecular weight is 338 g/mol. The van der Waals surface area contributed by atoms with Crippen molar-refractivity contribution in [1.29, 1.82) is 0 Å². The highest BCUT2D eigenvalue weighted by Gasteiger charge is 2.36. The molecule has 0 saturated heterocycles. The minimum atomic E-state index is -3.70. The minimum Gasteiger partial charge on any atom is -0.392 e. The van der Waals surface area contributed by atoms with Crippen molar-refractivity contribution in [3.05, 3.63) is 27.7 Å². The first-order valence-electron chi connectivity index (χ1n) is 6.32. The van der Waals surface area contributed by atoms with E-state index in [1.54, 1.807) is 0 Å². The number of benzene rings is 1. The highest BCUT2D eigenvalue weighted by molar-refractivity contribution is 7.89. The van der Waals surface area contributed by atoms with E-state index < -0.39 is 10.0 Å². The number of aliphatic hydroxyl groups excluding tert-OH is 1. The number of aliphatic hydroxyl groups is 1. The number of sulfonamides is 1. The molecule has 1 N–H and O–H groups in total. The minimum absolute atomic E-state index is 0.0348. The van der Waals surface area contributed by atoms with Crippen LogP contribution in [0.15, 0.2) is 17.0 Å². The van der Waals surface area contributed by atoms with Gasteiger partial charge >= 0.3 is 0 Å². The number of halogens is 2. The molecule has 0 aliphatic heterocycles. The summed E-state index contributed by atoms with van der Waals surface area (Å²) in [5.41, 5.74) is 0.311. The first-order chi connectivity index (χ1) is 9.27. The molecule has 2 rings (SSSR count). The monoisotopic (exact) mass is 337 g/mol. The summed E-state index contributed by atoms with van der Waals surface area (Å²) >= 11 is 12.0. The van der Waals surface area contributed by atoms with Crippen molar-refractivity contribution >= 4 is 33.2 Å². The molecular weight excluding hydrogens is 321 g/mol. The van der Waals surface area contributed by atoms with Gasteiger partial charge in [0.05, 0.1) is 11.6 Å². The van der Waals surface area contributed by atoms with E-state index in [1.165, 1.54) is 23.5 Å². The van der Waals surface area contributed by atoms with Crippen molar-refractivity contribution in [2.24, 2.45) is 11.8 Å². The van der Waals surface area contributed by atoms with Crippen LogP contribution in [0.25, 0.3) is 0 Å². The number of hydrogen-bond donors (Lipinski definition) is 1. The number of rotatable bonds is 5. The van der Waals surface area contributed by atoms with Gasteiger partial charge in [0.15, 0.2) is 0 Å². The summed E-state index contributed by atoms with van der Waals surface area (Å²) in [6.45, 7) is 2.22. The molecule has 112 valence electrons. The molecule has 0 heterocycles. The van der Waals surface area contributed by atoms with E-state index in [0.29, 0.717) is 23.9 Å². The lowest BCUT2D eigenvalue weighted by Gasteiger charge is -2.19. The van der Waals surface area contributed by atoms with Gasteiger partial charge in [-0.05, 0) is 36.0 Å². The molecule has 2 unspecified atom stereocenters. The molecule has 1 aliphatic rings. The highest BCUT2D eigenvalue weighted by Crippen LogP contribution is 2.39. The van der Waals surface area contributed by atoms with Crippen LogP contribution >= 0.6 is 23.2 Å². The lowest BCUT2D eigenvalue weighted by Crippen LogP contribution is -2.29. The second-order valence-corrected chi connectivity index (χ2v) is 8.12. The van der Waals surface area contributed by atoms with Gasteiger partial charge in [0, 0.05) is 18.6 Å². The van der Waals surface area contributed by atoms with Gasteiger partial charge < -0.3 is 5.11 Å². The zero-order chi connectivity index (χ0) is 15.1. The maximum Gasteiger partial charge on any atom is 0.244 e. The van der Waals surface area contributed by atoms with E-state index in [2.05, 4.69) is 6.92 Å². The van der Waals surface area contributed by atoms with Crippen LogP contribution in [0.3, 0.4) is 0 Å². The largest absolute Gasteiger partial charge is 0.392 e. The molecule has 1 fully saturated rings. The second-order valence-electron chi connectivity index (χ2n) is 5.29. The quantitative estimate of drug-likeness (QED) is 0.898. The van der Waals surface area contributed by atoms with Gasteiger partial charge in [0.25, 0.3) is 0 Å². The lowest BCUT2D eigenvalue weighted by molar-refractivity contribution is 0.281. The molecule has 0 radical (unpaired) electrons. The zero-order valence-corrected chi connectivity index (χ0v) is 13.6. The molecule has 0 spiro atoms. The van der Waals surface area contributed by atoms with Crippen LogP contribution < -0.4 is 0 Å². The second kappa shape index (κ2) is 5.81. The van der Waals surface area contributed by atoms with Crippen LogP contribution in [0.4, 0.5) is 0 Å². The molecule has 2 atom stereocenters. The van der Waals surface area contributed by atoms with Crippen LogP contribution in [0.2, 0.25) is 10.0 Å². The van der Waals surface area contributed by atoms with E-state index in [-0.39, 0.29) is 21.5 Å². The Bertz CT molecular complexity index is 618. The fraction of sp³-hybridized carbons (Fsp3) is 0.538. The van der Waals surface area contributed by atoms with Crippen LogP contribution in [0, 0.1) is 11.8 Å². The molecule has 7 heteroatoms. The van der Waals surface area contributed by atoms with E-state index in [4.69, 9.17) is 23.2 Å². The molecular formula is C13H17Cl2NO3S. The Labute approximate surface area is 129 Å². The Balaban J connectivity index is 2.35. The average Bonchev–Trinajstić information content (AvgIpc) is 3.07. The predicted octanol–water partition coefficient (Wildman–Crippen LogP) is 2.76. The van der Waals surface area contributed by atoms with Crippen molar-refractivity contribution in [1.82, 2.24) is 4.31 Å². The Morgan fingerprint density at radius 2 is 2.00 bits per heavy atom. The predicted molar refractivity (Wildman–Crippen MR) is 79.5 cm³/mol. The molecule has 20 heavy (non-hydrogen) atoms. The van der Waals surface area contributed by atoms with Crippen molar-refractivity contribution in [2.45, 2.75) is 24.8 Å². The van der Waals surface area contributed by atoms with E-state index >= 15 is 0 Å². The molecule has 0 aromatic heterocycles. The third-order valence-corrected chi connectivity index (χ3v) is 6.33. The topological polar surface area (TPSA) is 57.6 Å². The summed E-state index contributed by atoms with van der Waals surface area (Å²) in [6, 6.07) is 2.79. The van der Waals surface area contributed by atoms with Gasteiger partial charge in [0.2, 0.25) is 10.0 Å². The van der Waals surface area contributed by atoms with E-state index in [9.17, 15) is 13.5 Å². The fourth-order valence-corrected chi connectivity index (χ4v) is 4.29. The van der Waals surface area contributed by atoms with Crippen LogP contribution in [0.5, 0.6) is 0 Å². The van der Waals surface area contributed by atoms with Gasteiger partial charge in [-0.2, -0.15) is 0 Å². The molecule has 0 bridgehead atoms. The Morgan fingerprint density at radius 3 is 2.50 bits per heavy atom. The van der Waals surface area contributed by atoms with Crippen molar-refractivity contribution in [3.63, 3.8) is 0 Å². The van der Waals surface area contributed by atoms with Crippen LogP contribution in [0.1, 0.15) is 18.9 Å². The SMILES string of the molecule is CC1CC1CN(C)S(=O)(=O)c1cc(Cl)cc(CO)c1Cl. The molecule has 1 saturated carbocycles. The highest BCUT2D eigenvalue weighted by atomic mass is 35.5. The third kappa shape index (κ3) is 3.12. The summed E-state index contributed by atoms with van der Waals surface area (Å²) in [7, 11) is -2.16. The fourth-order valence-electron chi connectivity index (χ4n) is 2.17. The van der Waals surface area contributed by atoms with Crippen molar-refractivity contribution < 1.29 is 13.5 Å². The van der Waals surface area contributed by atoms with E-state index in [1.807, 2.05) is 0 Å². The van der Waals surface area contributed by atoms with Crippen LogP contribution in [-0.2, 0) is 16.6 Å².